The first-order valence-electron chi connectivity index (χ1n) is 27.0. The van der Waals surface area contributed by atoms with Crippen LogP contribution >= 0.6 is 0 Å². The smallest absolute Gasteiger partial charge is 0.312 e. The summed E-state index contributed by atoms with van der Waals surface area (Å²) in [5, 5.41) is 50.4. The van der Waals surface area contributed by atoms with Crippen LogP contribution in [0.4, 0.5) is 0 Å². The van der Waals surface area contributed by atoms with Crippen LogP contribution in [0.1, 0.15) is 107 Å². The van der Waals surface area contributed by atoms with E-state index in [1.807, 2.05) is 79.7 Å². The number of hydrogen-bond acceptors (Lipinski definition) is 19. The lowest BCUT2D eigenvalue weighted by Gasteiger charge is -2.26. The zero-order valence-corrected chi connectivity index (χ0v) is 47.9. The van der Waals surface area contributed by atoms with E-state index in [4.69, 9.17) is 47.4 Å². The first-order valence-corrected chi connectivity index (χ1v) is 27.0. The minimum atomic E-state index is -0.367. The van der Waals surface area contributed by atoms with E-state index in [0.29, 0.717) is 68.2 Å². The second-order valence-electron chi connectivity index (χ2n) is 20.2. The molecule has 4 aliphatic heterocycles. The molecule has 452 valence electrons. The summed E-state index contributed by atoms with van der Waals surface area (Å²) in [5.74, 6) is 2.62. The van der Waals surface area contributed by atoms with E-state index in [2.05, 4.69) is 0 Å². The Bertz CT molecular complexity index is 3540. The molecule has 0 saturated carbocycles. The highest BCUT2D eigenvalue weighted by Gasteiger charge is 2.36. The van der Waals surface area contributed by atoms with E-state index in [9.17, 15) is 44.7 Å². The number of phenols is 5. The third kappa shape index (κ3) is 14.2. The number of fused-ring (bicyclic) bond motifs is 4. The molecule has 8 aromatic rings. The Morgan fingerprint density at radius 3 is 0.770 bits per heavy atom. The van der Waals surface area contributed by atoms with Crippen LogP contribution in [0.15, 0.2) is 146 Å². The Morgan fingerprint density at radius 1 is 0.322 bits per heavy atom. The molecule has 19 heteroatoms. The lowest BCUT2D eigenvalue weighted by Crippen LogP contribution is -2.21. The summed E-state index contributed by atoms with van der Waals surface area (Å²) in [5.41, 5.74) is 7.19. The average molecular weight is 1190 g/mol. The molecule has 87 heavy (non-hydrogen) atoms. The van der Waals surface area contributed by atoms with Crippen molar-refractivity contribution >= 4 is 23.9 Å². The summed E-state index contributed by atoms with van der Waals surface area (Å²) >= 11 is 0. The van der Waals surface area contributed by atoms with E-state index >= 15 is 0 Å². The lowest BCUT2D eigenvalue weighted by molar-refractivity contribution is -0.136. The molecule has 4 aliphatic rings. The molecule has 0 radical (unpaired) electrons. The van der Waals surface area contributed by atoms with Gasteiger partial charge in [-0.15, -0.1) is 0 Å². The van der Waals surface area contributed by atoms with E-state index < -0.39 is 0 Å². The number of rotatable bonds is 10. The maximum Gasteiger partial charge on any atom is 0.312 e. The van der Waals surface area contributed by atoms with Crippen molar-refractivity contribution in [2.75, 3.05) is 42.7 Å². The predicted molar refractivity (Wildman–Crippen MR) is 319 cm³/mol. The molecular weight excluding hydrogens is 1120 g/mol. The fourth-order valence-electron chi connectivity index (χ4n) is 10.6. The van der Waals surface area contributed by atoms with Gasteiger partial charge in [0.15, 0.2) is 0 Å². The molecule has 0 amide bonds. The molecule has 0 unspecified atom stereocenters. The SMILES string of the molecule is C.COc1cc(O)c2c(c1)OC(=O)C[C@@H]2c1ccc(C)cc1.COc1cc(O)c2c(c1)OC(=O)C[C@H]2c1ccc(O)cc1.COc1ccc([C@@H]2CC(=O)Oc3cc(OC)cc(O)c32)cc1.COc1ccc([C@H]2CC(=O)Oc3cc(OC)cc(O)c32)cc1. The summed E-state index contributed by atoms with van der Waals surface area (Å²) in [4.78, 5) is 47.4. The maximum absolute atomic E-state index is 11.9. The summed E-state index contributed by atoms with van der Waals surface area (Å²) in [7, 11) is 9.16. The molecule has 0 aliphatic carbocycles. The minimum Gasteiger partial charge on any atom is -0.508 e. The zero-order valence-electron chi connectivity index (χ0n) is 47.9. The van der Waals surface area contributed by atoms with Gasteiger partial charge in [0.1, 0.15) is 86.2 Å². The van der Waals surface area contributed by atoms with Gasteiger partial charge in [-0.3, -0.25) is 19.2 Å². The highest BCUT2D eigenvalue weighted by Crippen LogP contribution is 2.50. The zero-order chi connectivity index (χ0) is 61.3. The Hall–Kier alpha value is -10.6. The Labute approximate surface area is 502 Å². The highest BCUT2D eigenvalue weighted by molar-refractivity contribution is 5.82. The van der Waals surface area contributed by atoms with Crippen LogP contribution in [0, 0.1) is 6.92 Å². The number of aromatic hydroxyl groups is 5. The molecule has 8 aromatic carbocycles. The van der Waals surface area contributed by atoms with Gasteiger partial charge in [-0.2, -0.15) is 0 Å². The molecule has 4 atom stereocenters. The summed E-state index contributed by atoms with van der Waals surface area (Å²) in [6.07, 6.45) is 0.714. The van der Waals surface area contributed by atoms with Crippen LogP contribution < -0.4 is 47.4 Å². The molecular formula is C68H66O19. The second kappa shape index (κ2) is 27.4. The van der Waals surface area contributed by atoms with Crippen LogP contribution in [-0.2, 0) is 19.2 Å². The Morgan fingerprint density at radius 2 is 0.540 bits per heavy atom. The van der Waals surface area contributed by atoms with Crippen molar-refractivity contribution in [1.82, 2.24) is 0 Å². The van der Waals surface area contributed by atoms with Gasteiger partial charge < -0.3 is 72.9 Å². The first kappa shape index (κ1) is 62.5. The van der Waals surface area contributed by atoms with Gasteiger partial charge in [0.05, 0.1) is 68.3 Å². The van der Waals surface area contributed by atoms with Gasteiger partial charge in [-0.05, 0) is 65.6 Å². The summed E-state index contributed by atoms with van der Waals surface area (Å²) in [6.45, 7) is 2.01. The van der Waals surface area contributed by atoms with Gasteiger partial charge in [0.25, 0.3) is 0 Å². The molecule has 0 spiro atoms. The van der Waals surface area contributed by atoms with Crippen LogP contribution in [0.3, 0.4) is 0 Å². The number of phenolic OH excluding ortho intramolecular Hbond substituents is 5. The highest BCUT2D eigenvalue weighted by atomic mass is 16.6. The van der Waals surface area contributed by atoms with Crippen LogP contribution in [0.5, 0.6) is 86.2 Å². The van der Waals surface area contributed by atoms with Crippen molar-refractivity contribution < 1.29 is 92.1 Å². The van der Waals surface area contributed by atoms with Crippen LogP contribution in [-0.4, -0.2) is 92.1 Å². The molecule has 4 heterocycles. The van der Waals surface area contributed by atoms with Crippen molar-refractivity contribution in [3.63, 3.8) is 0 Å². The first-order chi connectivity index (χ1) is 41.4. The van der Waals surface area contributed by atoms with Gasteiger partial charge in [0.2, 0.25) is 0 Å². The Kier molecular flexibility index (Phi) is 19.7. The van der Waals surface area contributed by atoms with E-state index in [0.717, 1.165) is 39.3 Å². The normalized spacial score (nSPS) is 16.6. The van der Waals surface area contributed by atoms with Crippen molar-refractivity contribution in [2.45, 2.75) is 63.7 Å². The van der Waals surface area contributed by atoms with Crippen molar-refractivity contribution in [1.29, 1.82) is 0 Å². The van der Waals surface area contributed by atoms with Crippen molar-refractivity contribution in [3.8, 4) is 86.2 Å². The monoisotopic (exact) mass is 1190 g/mol. The molecule has 0 aromatic heterocycles. The number of hydrogen-bond donors (Lipinski definition) is 5. The minimum absolute atomic E-state index is 0. The lowest BCUT2D eigenvalue weighted by atomic mass is 9.85. The fourth-order valence-corrected chi connectivity index (χ4v) is 10.6. The molecule has 0 saturated heterocycles. The quantitative estimate of drug-likeness (QED) is 0.0629. The van der Waals surface area contributed by atoms with Gasteiger partial charge in [-0.25, -0.2) is 0 Å². The number of carbonyl (C=O) groups is 4. The topological polar surface area (TPSA) is 262 Å². The van der Waals surface area contributed by atoms with Crippen LogP contribution in [0.2, 0.25) is 0 Å². The number of benzene rings is 8. The summed E-state index contributed by atoms with van der Waals surface area (Å²) < 4.78 is 51.6. The molecule has 0 bridgehead atoms. The number of esters is 4. The second-order valence-corrected chi connectivity index (χ2v) is 20.2. The predicted octanol–water partition coefficient (Wildman–Crippen LogP) is 12.0. The van der Waals surface area contributed by atoms with Crippen molar-refractivity contribution in [2.24, 2.45) is 0 Å². The molecule has 0 fully saturated rings. The third-order valence-corrected chi connectivity index (χ3v) is 14.9. The van der Waals surface area contributed by atoms with Gasteiger partial charge in [0, 0.05) is 94.5 Å². The molecule has 19 nitrogen and oxygen atoms in total. The number of aryl methyl sites for hydroxylation is 1. The van der Waals surface area contributed by atoms with E-state index in [1.54, 1.807) is 68.8 Å². The largest absolute Gasteiger partial charge is 0.508 e. The Balaban J connectivity index is 0.000000150. The number of ether oxygens (including phenoxy) is 10. The average Bonchev–Trinajstić information content (AvgIpc) is 3.70. The maximum atomic E-state index is 11.9. The molecule has 12 rings (SSSR count). The standard InChI is InChI=1S/2C17H16O5.C17H16O4.C16H14O5.CH4/c2*1-20-11-5-3-10(4-6-11)13-9-16(19)22-15-8-12(21-2)7-14(18)17(13)15;1-10-3-5-11(6-4-10)13-9-16(19)21-15-8-12(20-2)7-14(18)17(13)15;1-20-11-6-13(18)16-12(8-15(19)21-14(16)7-11)9-2-4-10(17)5-3-9;/h2*3-8,13,18H,9H2,1-2H3;3-8,13,18H,9H2,1-2H3;2-7,12,17-18H,8H2,1H3;1H4/t3*13-;12-;/m1010./s1. The number of methoxy groups -OCH3 is 6. The van der Waals surface area contributed by atoms with E-state index in [1.165, 1.54) is 46.6 Å². The fraction of sp³-hybridized carbons (Fsp3) is 0.235. The third-order valence-electron chi connectivity index (χ3n) is 14.9. The van der Waals surface area contributed by atoms with Crippen LogP contribution in [0.25, 0.3) is 0 Å². The van der Waals surface area contributed by atoms with Gasteiger partial charge >= 0.3 is 23.9 Å². The summed E-state index contributed by atoms with van der Waals surface area (Å²) in [6, 6.07) is 41.9. The number of carbonyl (C=O) groups excluding carboxylic acids is 4. The van der Waals surface area contributed by atoms with Crippen molar-refractivity contribution in [3.05, 3.63) is 196 Å². The molecule has 5 N–H and O–H groups in total. The van der Waals surface area contributed by atoms with Gasteiger partial charge in [-0.1, -0.05) is 73.7 Å². The van der Waals surface area contributed by atoms with E-state index in [-0.39, 0.29) is 109 Å².